The van der Waals surface area contributed by atoms with Gasteiger partial charge in [0.15, 0.2) is 0 Å². The van der Waals surface area contributed by atoms with Crippen LogP contribution in [0.5, 0.6) is 11.5 Å². The van der Waals surface area contributed by atoms with Crippen LogP contribution in [0.1, 0.15) is 12.0 Å². The van der Waals surface area contributed by atoms with E-state index < -0.39 is 23.3 Å². The lowest BCUT2D eigenvalue weighted by atomic mass is 9.92. The van der Waals surface area contributed by atoms with Crippen LogP contribution in [0.3, 0.4) is 0 Å². The Morgan fingerprint density at radius 1 is 1.16 bits per heavy atom. The smallest absolute Gasteiger partial charge is 0.315 e. The summed E-state index contributed by atoms with van der Waals surface area (Å²) >= 11 is 0. The van der Waals surface area contributed by atoms with Crippen LogP contribution in [0.15, 0.2) is 18.2 Å². The van der Waals surface area contributed by atoms with Crippen LogP contribution in [0.25, 0.3) is 0 Å². The van der Waals surface area contributed by atoms with Crippen molar-refractivity contribution >= 4 is 11.9 Å². The number of carbonyl (C=O) groups is 2. The van der Waals surface area contributed by atoms with E-state index in [1.165, 1.54) is 14.2 Å². The minimum atomic E-state index is -1.38. The van der Waals surface area contributed by atoms with Gasteiger partial charge in [-0.25, -0.2) is 0 Å². The summed E-state index contributed by atoms with van der Waals surface area (Å²) in [5.74, 6) is -2.29. The summed E-state index contributed by atoms with van der Waals surface area (Å²) in [5, 5.41) is 18.4. The molecule has 0 radical (unpaired) electrons. The molecule has 0 spiro atoms. The van der Waals surface area contributed by atoms with Gasteiger partial charge in [0.1, 0.15) is 16.9 Å². The Morgan fingerprint density at radius 3 is 2.00 bits per heavy atom. The van der Waals surface area contributed by atoms with Gasteiger partial charge in [-0.05, 0) is 24.1 Å². The SMILES string of the molecule is COc1cc(OC)cc(C2(C(=O)O)CC2C(=O)O)c1. The van der Waals surface area contributed by atoms with E-state index in [0.717, 1.165) is 0 Å². The Labute approximate surface area is 109 Å². The monoisotopic (exact) mass is 266 g/mol. The number of hydrogen-bond acceptors (Lipinski definition) is 4. The lowest BCUT2D eigenvalue weighted by molar-refractivity contribution is -0.145. The van der Waals surface area contributed by atoms with Crippen LogP contribution in [0, 0.1) is 5.92 Å². The number of rotatable bonds is 5. The Bertz CT molecular complexity index is 516. The molecule has 1 aromatic rings. The fraction of sp³-hybridized carbons (Fsp3) is 0.385. The fourth-order valence-corrected chi connectivity index (χ4v) is 2.31. The van der Waals surface area contributed by atoms with Crippen molar-refractivity contribution in [3.8, 4) is 11.5 Å². The minimum Gasteiger partial charge on any atom is -0.497 e. The van der Waals surface area contributed by atoms with E-state index in [1.807, 2.05) is 0 Å². The van der Waals surface area contributed by atoms with E-state index in [2.05, 4.69) is 0 Å². The zero-order valence-electron chi connectivity index (χ0n) is 10.5. The minimum absolute atomic E-state index is 0.0774. The number of carboxylic acids is 2. The van der Waals surface area contributed by atoms with Gasteiger partial charge in [-0.15, -0.1) is 0 Å². The molecule has 2 rings (SSSR count). The van der Waals surface area contributed by atoms with E-state index in [9.17, 15) is 14.7 Å². The van der Waals surface area contributed by atoms with Crippen molar-refractivity contribution in [2.24, 2.45) is 5.92 Å². The van der Waals surface area contributed by atoms with Crippen molar-refractivity contribution in [1.29, 1.82) is 0 Å². The van der Waals surface area contributed by atoms with Crippen molar-refractivity contribution < 1.29 is 29.3 Å². The van der Waals surface area contributed by atoms with E-state index in [0.29, 0.717) is 17.1 Å². The molecule has 1 aliphatic rings. The molecule has 2 atom stereocenters. The quantitative estimate of drug-likeness (QED) is 0.829. The first kappa shape index (κ1) is 13.2. The average Bonchev–Trinajstić information content (AvgIpc) is 3.15. The molecule has 1 aliphatic carbocycles. The highest BCUT2D eigenvalue weighted by Crippen LogP contribution is 2.55. The molecule has 1 fully saturated rings. The molecule has 6 nitrogen and oxygen atoms in total. The fourth-order valence-electron chi connectivity index (χ4n) is 2.31. The predicted molar refractivity (Wildman–Crippen MR) is 64.6 cm³/mol. The summed E-state index contributed by atoms with van der Waals surface area (Å²) in [4.78, 5) is 22.5. The molecular formula is C13H14O6. The third-order valence-electron chi connectivity index (χ3n) is 3.51. The topological polar surface area (TPSA) is 93.1 Å². The van der Waals surface area contributed by atoms with Crippen LogP contribution in [0.2, 0.25) is 0 Å². The first-order chi connectivity index (χ1) is 8.95. The van der Waals surface area contributed by atoms with Gasteiger partial charge in [0.05, 0.1) is 20.1 Å². The van der Waals surface area contributed by atoms with Crippen LogP contribution in [0.4, 0.5) is 0 Å². The van der Waals surface area contributed by atoms with Crippen LogP contribution in [-0.2, 0) is 15.0 Å². The molecule has 0 amide bonds. The summed E-state index contributed by atoms with van der Waals surface area (Å²) in [6.07, 6.45) is 0.0774. The third-order valence-corrected chi connectivity index (χ3v) is 3.51. The molecule has 1 saturated carbocycles. The maximum atomic E-state index is 11.5. The van der Waals surface area contributed by atoms with Gasteiger partial charge < -0.3 is 19.7 Å². The molecule has 2 N–H and O–H groups in total. The van der Waals surface area contributed by atoms with Gasteiger partial charge in [-0.3, -0.25) is 9.59 Å². The molecular weight excluding hydrogens is 252 g/mol. The largest absolute Gasteiger partial charge is 0.497 e. The Kier molecular flexibility index (Phi) is 3.09. The van der Waals surface area contributed by atoms with Crippen LogP contribution >= 0.6 is 0 Å². The van der Waals surface area contributed by atoms with Crippen molar-refractivity contribution in [2.45, 2.75) is 11.8 Å². The lowest BCUT2D eigenvalue weighted by Gasteiger charge is -2.14. The number of methoxy groups -OCH3 is 2. The van der Waals surface area contributed by atoms with Gasteiger partial charge in [0.2, 0.25) is 0 Å². The molecule has 0 bridgehead atoms. The Morgan fingerprint density at radius 2 is 1.68 bits per heavy atom. The molecule has 102 valence electrons. The van der Waals surface area contributed by atoms with Crippen LogP contribution < -0.4 is 9.47 Å². The number of hydrogen-bond donors (Lipinski definition) is 2. The molecule has 1 aromatic carbocycles. The normalized spacial score (nSPS) is 24.6. The highest BCUT2D eigenvalue weighted by Gasteiger charge is 2.65. The summed E-state index contributed by atoms with van der Waals surface area (Å²) in [7, 11) is 2.90. The highest BCUT2D eigenvalue weighted by molar-refractivity contribution is 5.95. The first-order valence-electron chi connectivity index (χ1n) is 5.65. The van der Waals surface area contributed by atoms with E-state index >= 15 is 0 Å². The molecule has 0 aromatic heterocycles. The third kappa shape index (κ3) is 1.99. The maximum absolute atomic E-state index is 11.5. The number of carboxylic acid groups (broad SMARTS) is 2. The second-order valence-corrected chi connectivity index (χ2v) is 4.47. The summed E-state index contributed by atoms with van der Waals surface area (Å²) in [6, 6.07) is 4.69. The summed E-state index contributed by atoms with van der Waals surface area (Å²) in [5.41, 5.74) is -0.989. The first-order valence-corrected chi connectivity index (χ1v) is 5.65. The van der Waals surface area contributed by atoms with Crippen molar-refractivity contribution in [3.05, 3.63) is 23.8 Å². The molecule has 19 heavy (non-hydrogen) atoms. The van der Waals surface area contributed by atoms with Gasteiger partial charge in [0.25, 0.3) is 0 Å². The number of benzene rings is 1. The summed E-state index contributed by atoms with van der Waals surface area (Å²) in [6.45, 7) is 0. The van der Waals surface area contributed by atoms with Crippen molar-refractivity contribution in [3.63, 3.8) is 0 Å². The zero-order chi connectivity index (χ0) is 14.2. The van der Waals surface area contributed by atoms with Gasteiger partial charge in [-0.1, -0.05) is 0 Å². The highest BCUT2D eigenvalue weighted by atomic mass is 16.5. The molecule has 0 aliphatic heterocycles. The molecule has 0 heterocycles. The number of aliphatic carboxylic acids is 2. The van der Waals surface area contributed by atoms with Crippen molar-refractivity contribution in [2.75, 3.05) is 14.2 Å². The Hall–Kier alpha value is -2.24. The number of ether oxygens (including phenoxy) is 2. The predicted octanol–water partition coefficient (Wildman–Crippen LogP) is 1.13. The van der Waals surface area contributed by atoms with Gasteiger partial charge in [0, 0.05) is 6.07 Å². The van der Waals surface area contributed by atoms with Crippen molar-refractivity contribution in [1.82, 2.24) is 0 Å². The average molecular weight is 266 g/mol. The molecule has 0 saturated heterocycles. The lowest BCUT2D eigenvalue weighted by Crippen LogP contribution is -2.25. The maximum Gasteiger partial charge on any atom is 0.315 e. The summed E-state index contributed by atoms with van der Waals surface area (Å²) < 4.78 is 10.2. The van der Waals surface area contributed by atoms with E-state index in [1.54, 1.807) is 18.2 Å². The molecule has 2 unspecified atom stereocenters. The molecule has 6 heteroatoms. The van der Waals surface area contributed by atoms with Crippen LogP contribution in [-0.4, -0.2) is 36.4 Å². The van der Waals surface area contributed by atoms with Gasteiger partial charge >= 0.3 is 11.9 Å². The van der Waals surface area contributed by atoms with E-state index in [4.69, 9.17) is 14.6 Å². The zero-order valence-corrected chi connectivity index (χ0v) is 10.5. The Balaban J connectivity index is 2.50. The van der Waals surface area contributed by atoms with E-state index in [-0.39, 0.29) is 6.42 Å². The van der Waals surface area contributed by atoms with Gasteiger partial charge in [-0.2, -0.15) is 0 Å². The second kappa shape index (κ2) is 4.46. The standard InChI is InChI=1S/C13H14O6/c1-18-8-3-7(4-9(5-8)19-2)13(12(16)17)6-10(13)11(14)15/h3-5,10H,6H2,1-2H3,(H,14,15)(H,16,17). The second-order valence-electron chi connectivity index (χ2n) is 4.47.